The van der Waals surface area contributed by atoms with Gasteiger partial charge in [-0.25, -0.2) is 4.79 Å². The van der Waals surface area contributed by atoms with E-state index < -0.39 is 6.03 Å². The van der Waals surface area contributed by atoms with Crippen LogP contribution in [0, 0.1) is 6.92 Å². The average Bonchev–Trinajstić information content (AvgIpc) is 2.03. The molecule has 3 heteroatoms. The molecule has 0 spiro atoms. The first kappa shape index (κ1) is 9.58. The number of aryl methyl sites for hydroxylation is 1. The Kier molecular flexibility index (Phi) is 2.90. The van der Waals surface area contributed by atoms with Crippen LogP contribution in [0.25, 0.3) is 0 Å². The molecule has 0 radical (unpaired) electrons. The second kappa shape index (κ2) is 3.94. The van der Waals surface area contributed by atoms with E-state index in [1.54, 1.807) is 0 Å². The molecule has 70 valence electrons. The number of anilines is 1. The van der Waals surface area contributed by atoms with Crippen molar-refractivity contribution in [1.29, 1.82) is 0 Å². The number of urea groups is 1. The van der Waals surface area contributed by atoms with Crippen molar-refractivity contribution in [1.82, 2.24) is 0 Å². The summed E-state index contributed by atoms with van der Waals surface area (Å²) in [6, 6.07) is 5.27. The summed E-state index contributed by atoms with van der Waals surface area (Å²) in [4.78, 5) is 10.7. The van der Waals surface area contributed by atoms with Gasteiger partial charge >= 0.3 is 6.03 Å². The molecule has 3 N–H and O–H groups in total. The second-order valence-electron chi connectivity index (χ2n) is 2.94. The number of hydrogen-bond donors (Lipinski definition) is 2. The van der Waals surface area contributed by atoms with E-state index in [0.29, 0.717) is 0 Å². The molecular formula is C10H14N2O. The molecule has 0 bridgehead atoms. The van der Waals surface area contributed by atoms with E-state index in [0.717, 1.165) is 17.7 Å². The molecule has 0 aliphatic heterocycles. The van der Waals surface area contributed by atoms with Crippen LogP contribution in [0.2, 0.25) is 0 Å². The lowest BCUT2D eigenvalue weighted by Crippen LogP contribution is -2.20. The molecule has 0 aliphatic carbocycles. The highest BCUT2D eigenvalue weighted by Crippen LogP contribution is 2.19. The molecule has 13 heavy (non-hydrogen) atoms. The van der Waals surface area contributed by atoms with Crippen molar-refractivity contribution in [3.63, 3.8) is 0 Å². The van der Waals surface area contributed by atoms with Crippen LogP contribution in [0.4, 0.5) is 10.5 Å². The maximum Gasteiger partial charge on any atom is 0.316 e. The molecular weight excluding hydrogens is 164 g/mol. The van der Waals surface area contributed by atoms with Crippen molar-refractivity contribution in [2.75, 3.05) is 5.32 Å². The summed E-state index contributed by atoms with van der Waals surface area (Å²) in [5, 5.41) is 2.60. The van der Waals surface area contributed by atoms with E-state index >= 15 is 0 Å². The lowest BCUT2D eigenvalue weighted by Gasteiger charge is -2.10. The van der Waals surface area contributed by atoms with E-state index in [-0.39, 0.29) is 0 Å². The van der Waals surface area contributed by atoms with Gasteiger partial charge in [0.2, 0.25) is 0 Å². The third-order valence-electron chi connectivity index (χ3n) is 2.02. The van der Waals surface area contributed by atoms with Crippen molar-refractivity contribution < 1.29 is 4.79 Å². The van der Waals surface area contributed by atoms with Gasteiger partial charge in [-0.1, -0.05) is 19.1 Å². The van der Waals surface area contributed by atoms with Crippen LogP contribution in [0.15, 0.2) is 18.2 Å². The van der Waals surface area contributed by atoms with E-state index in [1.165, 1.54) is 5.56 Å². The number of rotatable bonds is 2. The molecule has 1 aromatic carbocycles. The highest BCUT2D eigenvalue weighted by molar-refractivity contribution is 5.88. The van der Waals surface area contributed by atoms with Crippen LogP contribution in [0.3, 0.4) is 0 Å². The van der Waals surface area contributed by atoms with Crippen LogP contribution in [0.1, 0.15) is 18.1 Å². The second-order valence-corrected chi connectivity index (χ2v) is 2.94. The summed E-state index contributed by atoms with van der Waals surface area (Å²) < 4.78 is 0. The van der Waals surface area contributed by atoms with E-state index in [1.807, 2.05) is 25.1 Å². The number of hydrogen-bond acceptors (Lipinski definition) is 1. The van der Waals surface area contributed by atoms with Gasteiger partial charge in [0.1, 0.15) is 0 Å². The molecule has 0 aliphatic rings. The lowest BCUT2D eigenvalue weighted by atomic mass is 10.0. The molecule has 0 saturated carbocycles. The summed E-state index contributed by atoms with van der Waals surface area (Å²) in [6.07, 6.45) is 0.891. The molecule has 1 rings (SSSR count). The van der Waals surface area contributed by atoms with Crippen LogP contribution in [-0.4, -0.2) is 6.03 Å². The minimum atomic E-state index is -0.514. The Morgan fingerprint density at radius 3 is 2.77 bits per heavy atom. The summed E-state index contributed by atoms with van der Waals surface area (Å²) >= 11 is 0. The van der Waals surface area contributed by atoms with Crippen molar-refractivity contribution in [3.8, 4) is 0 Å². The molecule has 0 unspecified atom stereocenters. The Balaban J connectivity index is 3.05. The summed E-state index contributed by atoms with van der Waals surface area (Å²) in [6.45, 7) is 4.07. The van der Waals surface area contributed by atoms with Gasteiger partial charge in [-0.3, -0.25) is 0 Å². The number of benzene rings is 1. The first-order valence-electron chi connectivity index (χ1n) is 4.30. The highest BCUT2D eigenvalue weighted by Gasteiger charge is 2.04. The van der Waals surface area contributed by atoms with Crippen LogP contribution < -0.4 is 11.1 Å². The average molecular weight is 178 g/mol. The Hall–Kier alpha value is -1.51. The van der Waals surface area contributed by atoms with Gasteiger partial charge in [0.05, 0.1) is 0 Å². The number of carbonyl (C=O) groups excluding carboxylic acids is 1. The summed E-state index contributed by atoms with van der Waals surface area (Å²) in [7, 11) is 0. The quantitative estimate of drug-likeness (QED) is 0.715. The fourth-order valence-electron chi connectivity index (χ4n) is 1.42. The normalized spacial score (nSPS) is 9.69. The molecule has 1 aromatic rings. The number of primary amides is 1. The molecule has 0 aromatic heterocycles. The fraction of sp³-hybridized carbons (Fsp3) is 0.300. The van der Waals surface area contributed by atoms with Crippen molar-refractivity contribution >= 4 is 11.7 Å². The van der Waals surface area contributed by atoms with E-state index in [9.17, 15) is 4.79 Å². The first-order valence-corrected chi connectivity index (χ1v) is 4.30. The topological polar surface area (TPSA) is 55.1 Å². The Bertz CT molecular complexity index is 321. The highest BCUT2D eigenvalue weighted by atomic mass is 16.2. The molecule has 0 saturated heterocycles. The number of carbonyl (C=O) groups is 1. The van der Waals surface area contributed by atoms with Crippen molar-refractivity contribution in [2.45, 2.75) is 20.3 Å². The molecule has 0 atom stereocenters. The monoisotopic (exact) mass is 178 g/mol. The number of nitrogens with two attached hydrogens (primary N) is 1. The van der Waals surface area contributed by atoms with Crippen LogP contribution in [0.5, 0.6) is 0 Å². The predicted molar refractivity (Wildman–Crippen MR) is 53.8 cm³/mol. The molecule has 2 amide bonds. The zero-order valence-electron chi connectivity index (χ0n) is 7.92. The minimum absolute atomic E-state index is 0.514. The largest absolute Gasteiger partial charge is 0.351 e. The lowest BCUT2D eigenvalue weighted by molar-refractivity contribution is 0.259. The van der Waals surface area contributed by atoms with Crippen molar-refractivity contribution in [3.05, 3.63) is 29.3 Å². The van der Waals surface area contributed by atoms with Crippen LogP contribution >= 0.6 is 0 Å². The molecule has 0 heterocycles. The van der Waals surface area contributed by atoms with E-state index in [2.05, 4.69) is 12.2 Å². The maximum atomic E-state index is 10.7. The van der Waals surface area contributed by atoms with Gasteiger partial charge in [0, 0.05) is 5.69 Å². The summed E-state index contributed by atoms with van der Waals surface area (Å²) in [5.74, 6) is 0. The number of nitrogens with one attached hydrogen (secondary N) is 1. The van der Waals surface area contributed by atoms with Gasteiger partial charge in [0.15, 0.2) is 0 Å². The predicted octanol–water partition coefficient (Wildman–Crippen LogP) is 2.05. The third-order valence-corrected chi connectivity index (χ3v) is 2.02. The maximum absolute atomic E-state index is 10.7. The first-order chi connectivity index (χ1) is 6.15. The smallest absolute Gasteiger partial charge is 0.316 e. The third kappa shape index (κ3) is 2.21. The molecule has 3 nitrogen and oxygen atoms in total. The van der Waals surface area contributed by atoms with Gasteiger partial charge < -0.3 is 11.1 Å². The Morgan fingerprint density at radius 2 is 2.23 bits per heavy atom. The van der Waals surface area contributed by atoms with Crippen LogP contribution in [-0.2, 0) is 6.42 Å². The van der Waals surface area contributed by atoms with Gasteiger partial charge in [-0.2, -0.15) is 0 Å². The van der Waals surface area contributed by atoms with Gasteiger partial charge in [-0.15, -0.1) is 0 Å². The Labute approximate surface area is 77.9 Å². The van der Waals surface area contributed by atoms with Crippen molar-refractivity contribution in [2.24, 2.45) is 5.73 Å². The summed E-state index contributed by atoms with van der Waals surface area (Å²) in [5.41, 5.74) is 8.18. The van der Waals surface area contributed by atoms with Gasteiger partial charge in [-0.05, 0) is 30.5 Å². The SMILES string of the molecule is CCc1c(C)cccc1NC(N)=O. The fourth-order valence-corrected chi connectivity index (χ4v) is 1.42. The van der Waals surface area contributed by atoms with E-state index in [4.69, 9.17) is 5.73 Å². The molecule has 0 fully saturated rings. The number of amides is 2. The van der Waals surface area contributed by atoms with Gasteiger partial charge in [0.25, 0.3) is 0 Å². The Morgan fingerprint density at radius 1 is 1.54 bits per heavy atom. The standard InChI is InChI=1S/C10H14N2O/c1-3-8-7(2)5-4-6-9(8)12-10(11)13/h4-6H,3H2,1-2H3,(H3,11,12,13). The minimum Gasteiger partial charge on any atom is -0.351 e. The zero-order chi connectivity index (χ0) is 9.84. The zero-order valence-corrected chi connectivity index (χ0v) is 7.92.